The number of ether oxygens (including phenoxy) is 1. The highest BCUT2D eigenvalue weighted by Crippen LogP contribution is 2.37. The lowest BCUT2D eigenvalue weighted by Crippen LogP contribution is -2.48. The van der Waals surface area contributed by atoms with E-state index in [1.807, 2.05) is 43.3 Å². The van der Waals surface area contributed by atoms with Crippen LogP contribution in [0.1, 0.15) is 34.7 Å². The zero-order chi connectivity index (χ0) is 29.8. The van der Waals surface area contributed by atoms with Crippen LogP contribution >= 0.6 is 24.0 Å². The van der Waals surface area contributed by atoms with Crippen molar-refractivity contribution in [2.24, 2.45) is 0 Å². The Balaban J connectivity index is 1.46. The SMILES string of the molecule is CCn1c(N2CCN(Cc3ccccc3)CC2)c(/C=C2/SC(=S)N(Cc3ccc(OC)cc3)C2=O)c(C)c(C#N)c1=O. The molecular weight excluding hydrogens is 567 g/mol. The molecule has 0 N–H and O–H groups in total. The van der Waals surface area contributed by atoms with Gasteiger partial charge in [0.2, 0.25) is 0 Å². The summed E-state index contributed by atoms with van der Waals surface area (Å²) in [4.78, 5) is 33.7. The minimum atomic E-state index is -0.302. The van der Waals surface area contributed by atoms with E-state index in [1.165, 1.54) is 17.3 Å². The van der Waals surface area contributed by atoms with E-state index in [9.17, 15) is 14.9 Å². The molecule has 0 bridgehead atoms. The number of nitrogens with zero attached hydrogens (tertiary/aromatic N) is 5. The third kappa shape index (κ3) is 6.00. The predicted octanol–water partition coefficient (Wildman–Crippen LogP) is 4.78. The number of thiocarbonyl (C=S) groups is 1. The molecule has 0 saturated carbocycles. The molecule has 3 heterocycles. The maximum absolute atomic E-state index is 13.6. The van der Waals surface area contributed by atoms with Crippen molar-refractivity contribution in [1.29, 1.82) is 5.26 Å². The predicted molar refractivity (Wildman–Crippen MR) is 171 cm³/mol. The van der Waals surface area contributed by atoms with Crippen LogP contribution in [-0.4, -0.2) is 57.9 Å². The highest BCUT2D eigenvalue weighted by molar-refractivity contribution is 8.26. The molecule has 216 valence electrons. The molecular formula is C32H33N5O3S2. The number of amides is 1. The molecule has 5 rings (SSSR count). The number of hydrogen-bond donors (Lipinski definition) is 0. The van der Waals surface area contributed by atoms with E-state index in [4.69, 9.17) is 17.0 Å². The third-order valence-electron chi connectivity index (χ3n) is 7.73. The fraction of sp³-hybridized carbons (Fsp3) is 0.312. The van der Waals surface area contributed by atoms with Gasteiger partial charge < -0.3 is 9.64 Å². The van der Waals surface area contributed by atoms with Gasteiger partial charge in [0.1, 0.15) is 27.5 Å². The first-order valence-corrected chi connectivity index (χ1v) is 15.1. The van der Waals surface area contributed by atoms with E-state index in [2.05, 4.69) is 40.1 Å². The van der Waals surface area contributed by atoms with Gasteiger partial charge in [-0.1, -0.05) is 66.4 Å². The minimum absolute atomic E-state index is 0.100. The van der Waals surface area contributed by atoms with Gasteiger partial charge in [0.05, 0.1) is 18.6 Å². The van der Waals surface area contributed by atoms with Crippen LogP contribution in [0.3, 0.4) is 0 Å². The Morgan fingerprint density at radius 3 is 2.29 bits per heavy atom. The van der Waals surface area contributed by atoms with E-state index in [0.29, 0.717) is 27.9 Å². The summed E-state index contributed by atoms with van der Waals surface area (Å²) in [5.74, 6) is 1.30. The van der Waals surface area contributed by atoms with Gasteiger partial charge in [0.25, 0.3) is 11.5 Å². The van der Waals surface area contributed by atoms with Crippen molar-refractivity contribution in [3.63, 3.8) is 0 Å². The second-order valence-electron chi connectivity index (χ2n) is 10.3. The molecule has 1 aromatic heterocycles. The molecule has 3 aromatic rings. The topological polar surface area (TPSA) is 81.8 Å². The number of pyridine rings is 1. The number of methoxy groups -OCH3 is 1. The molecule has 2 aromatic carbocycles. The van der Waals surface area contributed by atoms with Crippen LogP contribution in [-0.2, 0) is 24.4 Å². The Morgan fingerprint density at radius 2 is 1.67 bits per heavy atom. The average molecular weight is 600 g/mol. The number of carbonyl (C=O) groups excluding carboxylic acids is 1. The van der Waals surface area contributed by atoms with E-state index >= 15 is 0 Å². The first-order valence-electron chi connectivity index (χ1n) is 13.9. The lowest BCUT2D eigenvalue weighted by molar-refractivity contribution is -0.122. The second-order valence-corrected chi connectivity index (χ2v) is 11.9. The number of benzene rings is 2. The van der Waals surface area contributed by atoms with E-state index in [0.717, 1.165) is 55.4 Å². The summed E-state index contributed by atoms with van der Waals surface area (Å²) in [6.07, 6.45) is 1.82. The summed E-state index contributed by atoms with van der Waals surface area (Å²) < 4.78 is 7.38. The summed E-state index contributed by atoms with van der Waals surface area (Å²) in [6, 6.07) is 20.0. The molecule has 0 radical (unpaired) electrons. The lowest BCUT2D eigenvalue weighted by Gasteiger charge is -2.38. The summed E-state index contributed by atoms with van der Waals surface area (Å²) in [6.45, 7) is 8.42. The van der Waals surface area contributed by atoms with Gasteiger partial charge >= 0.3 is 0 Å². The maximum atomic E-state index is 13.6. The van der Waals surface area contributed by atoms with Gasteiger partial charge in [-0.2, -0.15) is 5.26 Å². The highest BCUT2D eigenvalue weighted by atomic mass is 32.2. The molecule has 8 nitrogen and oxygen atoms in total. The quantitative estimate of drug-likeness (QED) is 0.270. The van der Waals surface area contributed by atoms with E-state index < -0.39 is 0 Å². The van der Waals surface area contributed by atoms with Crippen LogP contribution in [0.2, 0.25) is 0 Å². The number of carbonyl (C=O) groups is 1. The number of thioether (sulfide) groups is 1. The third-order valence-corrected chi connectivity index (χ3v) is 9.11. The zero-order valence-electron chi connectivity index (χ0n) is 24.0. The number of hydrogen-bond acceptors (Lipinski definition) is 8. The van der Waals surface area contributed by atoms with Crippen LogP contribution in [0.5, 0.6) is 5.75 Å². The zero-order valence-corrected chi connectivity index (χ0v) is 25.6. The molecule has 0 atom stereocenters. The van der Waals surface area contributed by atoms with Crippen LogP contribution < -0.4 is 15.2 Å². The van der Waals surface area contributed by atoms with E-state index in [1.54, 1.807) is 23.5 Å². The van der Waals surface area contributed by atoms with Gasteiger partial charge in [-0.25, -0.2) is 0 Å². The second kappa shape index (κ2) is 12.9. The molecule has 10 heteroatoms. The van der Waals surface area contributed by atoms with Crippen molar-refractivity contribution in [1.82, 2.24) is 14.4 Å². The standard InChI is InChI=1S/C32H33N5O3S2/c1-4-36-29(35-16-14-34(15-17-35)20-23-8-6-5-7-9-23)26(22(2)27(19-33)30(36)38)18-28-31(39)37(32(41)42-28)21-24-10-12-25(40-3)13-11-24/h5-13,18H,4,14-17,20-21H2,1-3H3/b28-18+. The minimum Gasteiger partial charge on any atom is -0.497 e. The Labute approximate surface area is 255 Å². The monoisotopic (exact) mass is 599 g/mol. The highest BCUT2D eigenvalue weighted by Gasteiger charge is 2.33. The molecule has 2 fully saturated rings. The fourth-order valence-corrected chi connectivity index (χ4v) is 6.66. The van der Waals surface area contributed by atoms with Crippen LogP contribution in [0.4, 0.5) is 5.82 Å². The average Bonchev–Trinajstić information content (AvgIpc) is 3.27. The van der Waals surface area contributed by atoms with Gasteiger partial charge in [0, 0.05) is 44.8 Å². The smallest absolute Gasteiger partial charge is 0.270 e. The maximum Gasteiger partial charge on any atom is 0.270 e. The number of rotatable bonds is 8. The summed E-state index contributed by atoms with van der Waals surface area (Å²) >= 11 is 6.86. The Kier molecular flexibility index (Phi) is 9.12. The van der Waals surface area contributed by atoms with Gasteiger partial charge in [0.15, 0.2) is 0 Å². The first kappa shape index (κ1) is 29.6. The van der Waals surface area contributed by atoms with Gasteiger partial charge in [-0.15, -0.1) is 0 Å². The number of aromatic nitrogens is 1. The normalized spacial score (nSPS) is 16.8. The van der Waals surface area contributed by atoms with Crippen molar-refractivity contribution >= 4 is 46.1 Å². The molecule has 1 amide bonds. The van der Waals surface area contributed by atoms with Crippen LogP contribution in [0, 0.1) is 18.3 Å². The first-order chi connectivity index (χ1) is 20.3. The Hall–Kier alpha value is -3.91. The number of nitriles is 1. The summed E-state index contributed by atoms with van der Waals surface area (Å²) in [5, 5.41) is 9.90. The Morgan fingerprint density at radius 1 is 1.00 bits per heavy atom. The van der Waals surface area contributed by atoms with Gasteiger partial charge in [-0.3, -0.25) is 24.0 Å². The van der Waals surface area contributed by atoms with Crippen molar-refractivity contribution in [3.05, 3.63) is 97.7 Å². The van der Waals surface area contributed by atoms with Crippen LogP contribution in [0.15, 0.2) is 64.3 Å². The molecule has 0 aliphatic carbocycles. The number of piperazine rings is 1. The van der Waals surface area contributed by atoms with E-state index in [-0.39, 0.29) is 17.0 Å². The molecule has 2 aliphatic heterocycles. The van der Waals surface area contributed by atoms with Crippen molar-refractivity contribution in [2.45, 2.75) is 33.5 Å². The summed E-state index contributed by atoms with van der Waals surface area (Å²) in [5.41, 5.74) is 3.29. The largest absolute Gasteiger partial charge is 0.497 e. The molecule has 0 spiro atoms. The van der Waals surface area contributed by atoms with Crippen molar-refractivity contribution < 1.29 is 9.53 Å². The van der Waals surface area contributed by atoms with Crippen LogP contribution in [0.25, 0.3) is 6.08 Å². The number of anilines is 1. The molecule has 2 aliphatic rings. The lowest BCUT2D eigenvalue weighted by atomic mass is 10.0. The fourth-order valence-electron chi connectivity index (χ4n) is 5.42. The van der Waals surface area contributed by atoms with Crippen molar-refractivity contribution in [2.75, 3.05) is 38.2 Å². The molecule has 0 unspecified atom stereocenters. The molecule has 42 heavy (non-hydrogen) atoms. The molecule has 2 saturated heterocycles. The Bertz CT molecular complexity index is 1620. The summed E-state index contributed by atoms with van der Waals surface area (Å²) in [7, 11) is 1.61. The van der Waals surface area contributed by atoms with Crippen molar-refractivity contribution in [3.8, 4) is 11.8 Å². The van der Waals surface area contributed by atoms with Gasteiger partial charge in [-0.05, 0) is 48.7 Å².